The fraction of sp³-hybridized carbons (Fsp3) is 0.179. The average Bonchev–Trinajstić information content (AvgIpc) is 2.87. The van der Waals surface area contributed by atoms with Crippen molar-refractivity contribution in [3.8, 4) is 16.9 Å². The number of hydrogen-bond acceptors (Lipinski definition) is 5. The zero-order valence-electron chi connectivity index (χ0n) is 19.4. The first kappa shape index (κ1) is 23.8. The molecule has 0 saturated carbocycles. The Hall–Kier alpha value is -4.39. The molecule has 0 bridgehead atoms. The molecule has 0 aliphatic carbocycles. The molecule has 7 heteroatoms. The van der Waals surface area contributed by atoms with Crippen LogP contribution < -0.4 is 9.64 Å². The van der Waals surface area contributed by atoms with Crippen molar-refractivity contribution in [3.05, 3.63) is 101 Å². The molecule has 4 rings (SSSR count). The van der Waals surface area contributed by atoms with E-state index in [1.54, 1.807) is 6.07 Å². The zero-order valence-corrected chi connectivity index (χ0v) is 19.4. The number of ether oxygens (including phenoxy) is 1. The minimum Gasteiger partial charge on any atom is -0.484 e. The lowest BCUT2D eigenvalue weighted by Crippen LogP contribution is -2.23. The van der Waals surface area contributed by atoms with Gasteiger partial charge in [-0.25, -0.2) is 0 Å². The van der Waals surface area contributed by atoms with E-state index in [4.69, 9.17) is 9.84 Å². The second-order valence-corrected chi connectivity index (χ2v) is 8.31. The number of carboxylic acid groups (broad SMARTS) is 1. The summed E-state index contributed by atoms with van der Waals surface area (Å²) in [5, 5.41) is 23.2. The third-order valence-electron chi connectivity index (χ3n) is 5.88. The van der Waals surface area contributed by atoms with E-state index in [0.29, 0.717) is 17.7 Å². The number of anilines is 1. The van der Waals surface area contributed by atoms with Crippen molar-refractivity contribution in [3.63, 3.8) is 0 Å². The van der Waals surface area contributed by atoms with Gasteiger partial charge in [-0.2, -0.15) is 0 Å². The highest BCUT2D eigenvalue weighted by Gasteiger charge is 2.23. The van der Waals surface area contributed by atoms with Gasteiger partial charge in [-0.05, 0) is 52.6 Å². The molecule has 0 fully saturated rings. The maximum absolute atomic E-state index is 12.0. The van der Waals surface area contributed by atoms with Gasteiger partial charge in [0, 0.05) is 30.8 Å². The van der Waals surface area contributed by atoms with Crippen molar-refractivity contribution in [2.75, 3.05) is 25.1 Å². The van der Waals surface area contributed by atoms with Gasteiger partial charge in [-0.3, -0.25) is 14.9 Å². The van der Waals surface area contributed by atoms with Gasteiger partial charge in [0.15, 0.2) is 0 Å². The van der Waals surface area contributed by atoms with Crippen molar-refractivity contribution in [1.82, 2.24) is 0 Å². The van der Waals surface area contributed by atoms with Crippen LogP contribution in [0.15, 0.2) is 84.9 Å². The van der Waals surface area contributed by atoms with Crippen molar-refractivity contribution in [2.24, 2.45) is 0 Å². The predicted octanol–water partition coefficient (Wildman–Crippen LogP) is 5.95. The van der Waals surface area contributed by atoms with E-state index in [9.17, 15) is 14.9 Å². The predicted molar refractivity (Wildman–Crippen MR) is 137 cm³/mol. The summed E-state index contributed by atoms with van der Waals surface area (Å²) in [7, 11) is 1.94. The van der Waals surface area contributed by atoms with Gasteiger partial charge in [0.05, 0.1) is 11.5 Å². The largest absolute Gasteiger partial charge is 0.484 e. The van der Waals surface area contributed by atoms with Gasteiger partial charge in [0.25, 0.3) is 0 Å². The molecule has 0 spiro atoms. The fourth-order valence-electron chi connectivity index (χ4n) is 4.02. The minimum atomic E-state index is -0.954. The van der Waals surface area contributed by atoms with Crippen molar-refractivity contribution in [1.29, 1.82) is 0 Å². The van der Waals surface area contributed by atoms with Gasteiger partial charge >= 0.3 is 11.7 Å². The number of fused-ring (bicyclic) bond motifs is 1. The molecule has 4 aromatic rings. The number of nitro groups is 1. The molecule has 0 aliphatic rings. The quantitative estimate of drug-likeness (QED) is 0.227. The normalized spacial score (nSPS) is 10.8. The number of benzene rings is 4. The number of para-hydroxylation sites is 1. The summed E-state index contributed by atoms with van der Waals surface area (Å²) < 4.78 is 6.07. The average molecular weight is 471 g/mol. The molecule has 0 amide bonds. The molecule has 0 unspecified atom stereocenters. The third-order valence-corrected chi connectivity index (χ3v) is 5.88. The smallest absolute Gasteiger partial charge is 0.311 e. The Labute approximate surface area is 203 Å². The molecule has 1 N–H and O–H groups in total. The number of nitro benzene ring substituents is 1. The first-order chi connectivity index (χ1) is 16.9. The maximum atomic E-state index is 12.0. The van der Waals surface area contributed by atoms with Crippen LogP contribution in [0.5, 0.6) is 5.75 Å². The first-order valence-corrected chi connectivity index (χ1v) is 11.3. The Morgan fingerprint density at radius 3 is 2.40 bits per heavy atom. The topological polar surface area (TPSA) is 92.9 Å². The van der Waals surface area contributed by atoms with Crippen LogP contribution in [0.3, 0.4) is 0 Å². The van der Waals surface area contributed by atoms with Crippen LogP contribution in [0.2, 0.25) is 0 Å². The molecule has 0 saturated heterocycles. The van der Waals surface area contributed by atoms with Crippen molar-refractivity contribution >= 4 is 28.1 Å². The van der Waals surface area contributed by atoms with Gasteiger partial charge < -0.3 is 14.7 Å². The van der Waals surface area contributed by atoms with E-state index in [1.165, 1.54) is 6.07 Å². The highest BCUT2D eigenvalue weighted by molar-refractivity contribution is 5.89. The van der Waals surface area contributed by atoms with Crippen LogP contribution in [0.4, 0.5) is 11.4 Å². The van der Waals surface area contributed by atoms with Crippen LogP contribution in [0, 0.1) is 10.1 Å². The van der Waals surface area contributed by atoms with E-state index >= 15 is 0 Å². The van der Waals surface area contributed by atoms with Crippen LogP contribution >= 0.6 is 0 Å². The van der Waals surface area contributed by atoms with E-state index < -0.39 is 10.9 Å². The minimum absolute atomic E-state index is 0.115. The number of aryl methyl sites for hydroxylation is 1. The number of rotatable bonds is 10. The third kappa shape index (κ3) is 5.76. The Balaban J connectivity index is 1.71. The summed E-state index contributed by atoms with van der Waals surface area (Å²) in [5.74, 6) is -0.769. The van der Waals surface area contributed by atoms with Gasteiger partial charge in [0.1, 0.15) is 6.61 Å². The van der Waals surface area contributed by atoms with Crippen LogP contribution in [0.25, 0.3) is 21.9 Å². The second kappa shape index (κ2) is 10.7. The highest BCUT2D eigenvalue weighted by atomic mass is 16.6. The molecule has 7 nitrogen and oxygen atoms in total. The molecule has 4 aromatic carbocycles. The van der Waals surface area contributed by atoms with Crippen LogP contribution in [-0.4, -0.2) is 36.2 Å². The second-order valence-electron chi connectivity index (χ2n) is 8.31. The standard InChI is InChI=1S/C28H26N2O5/c1-29(24-9-3-2-4-10-24)15-16-35-28-25(23-13-12-21-7-5-6-8-22(21)19-23)17-20(11-14-27(31)32)18-26(28)30(33)34/h2-10,12-13,17-19H,11,14-16H2,1H3,(H,31,32). The van der Waals surface area contributed by atoms with Crippen molar-refractivity contribution in [2.45, 2.75) is 12.8 Å². The lowest BCUT2D eigenvalue weighted by Gasteiger charge is -2.20. The molecule has 178 valence electrons. The number of carbonyl (C=O) groups is 1. The first-order valence-electron chi connectivity index (χ1n) is 11.3. The molecule has 35 heavy (non-hydrogen) atoms. The van der Waals surface area contributed by atoms with E-state index in [0.717, 1.165) is 22.0 Å². The fourth-order valence-corrected chi connectivity index (χ4v) is 4.02. The highest BCUT2D eigenvalue weighted by Crippen LogP contribution is 2.40. The molecular formula is C28H26N2O5. The van der Waals surface area contributed by atoms with Gasteiger partial charge in [0.2, 0.25) is 5.75 Å². The SMILES string of the molecule is CN(CCOc1c(-c2ccc3ccccc3c2)cc(CCC(=O)O)cc1[N+](=O)[O-])c1ccccc1. The zero-order chi connectivity index (χ0) is 24.8. The lowest BCUT2D eigenvalue weighted by molar-refractivity contribution is -0.385. The number of nitrogens with zero attached hydrogens (tertiary/aromatic N) is 2. The summed E-state index contributed by atoms with van der Waals surface area (Å²) >= 11 is 0. The summed E-state index contributed by atoms with van der Waals surface area (Å²) in [6.45, 7) is 0.764. The monoisotopic (exact) mass is 470 g/mol. The summed E-state index contributed by atoms with van der Waals surface area (Å²) in [6, 6.07) is 26.8. The lowest BCUT2D eigenvalue weighted by atomic mass is 9.96. The molecule has 0 atom stereocenters. The van der Waals surface area contributed by atoms with Crippen LogP contribution in [-0.2, 0) is 11.2 Å². The summed E-state index contributed by atoms with van der Waals surface area (Å²) in [6.07, 6.45) is 0.0736. The number of hydrogen-bond donors (Lipinski definition) is 1. The molecule has 0 aliphatic heterocycles. The number of likely N-dealkylation sites (N-methyl/N-ethyl adjacent to an activating group) is 1. The molecule has 0 aromatic heterocycles. The van der Waals surface area contributed by atoms with Gasteiger partial charge in [-0.15, -0.1) is 0 Å². The van der Waals surface area contributed by atoms with Crippen molar-refractivity contribution < 1.29 is 19.6 Å². The summed E-state index contributed by atoms with van der Waals surface area (Å²) in [5.41, 5.74) is 2.78. The Morgan fingerprint density at radius 2 is 1.69 bits per heavy atom. The van der Waals surface area contributed by atoms with Gasteiger partial charge in [-0.1, -0.05) is 54.6 Å². The number of carboxylic acids is 1. The maximum Gasteiger partial charge on any atom is 0.311 e. The van der Waals surface area contributed by atoms with E-state index in [-0.39, 0.29) is 30.9 Å². The van der Waals surface area contributed by atoms with E-state index in [2.05, 4.69) is 0 Å². The molecular weight excluding hydrogens is 444 g/mol. The molecule has 0 heterocycles. The Morgan fingerprint density at radius 1 is 0.971 bits per heavy atom. The Kier molecular flexibility index (Phi) is 7.26. The Bertz CT molecular complexity index is 1350. The van der Waals surface area contributed by atoms with Crippen LogP contribution in [0.1, 0.15) is 12.0 Å². The molecule has 0 radical (unpaired) electrons. The number of aliphatic carboxylic acids is 1. The summed E-state index contributed by atoms with van der Waals surface area (Å²) in [4.78, 5) is 24.7. The van der Waals surface area contributed by atoms with E-state index in [1.807, 2.05) is 84.7 Å².